The molecule has 1 aromatic carbocycles. The minimum atomic E-state index is -3.69. The molecule has 0 aliphatic carbocycles. The second kappa shape index (κ2) is 9.34. The Morgan fingerprint density at radius 1 is 1.09 bits per heavy atom. The van der Waals surface area contributed by atoms with Gasteiger partial charge in [-0.25, -0.2) is 8.42 Å². The third-order valence-corrected chi connectivity index (χ3v) is 8.85. The highest BCUT2D eigenvalue weighted by atomic mass is 32.2. The Morgan fingerprint density at radius 2 is 1.82 bits per heavy atom. The van der Waals surface area contributed by atoms with Gasteiger partial charge in [0.15, 0.2) is 5.76 Å². The molecule has 0 saturated carbocycles. The lowest BCUT2D eigenvalue weighted by molar-refractivity contribution is -0.137. The summed E-state index contributed by atoms with van der Waals surface area (Å²) in [7, 11) is -0.465. The van der Waals surface area contributed by atoms with Crippen LogP contribution in [0.4, 0.5) is 0 Å². The first-order chi connectivity index (χ1) is 15.8. The van der Waals surface area contributed by atoms with Crippen molar-refractivity contribution in [2.24, 2.45) is 5.92 Å². The molecule has 2 aromatic rings. The molecule has 0 spiro atoms. The third-order valence-electron chi connectivity index (χ3n) is 6.70. The van der Waals surface area contributed by atoms with Crippen molar-refractivity contribution < 1.29 is 27.2 Å². The number of sulfonamides is 1. The normalized spacial score (nSPS) is 20.2. The fraction of sp³-hybridized carbons (Fsp3) is 0.565. The lowest BCUT2D eigenvalue weighted by Gasteiger charge is -2.34. The summed E-state index contributed by atoms with van der Waals surface area (Å²) in [6, 6.07) is 5.64. The van der Waals surface area contributed by atoms with Crippen molar-refractivity contribution >= 4 is 15.9 Å². The second-order valence-electron chi connectivity index (χ2n) is 8.63. The molecular weight excluding hydrogens is 446 g/mol. The van der Waals surface area contributed by atoms with Gasteiger partial charge in [0, 0.05) is 37.2 Å². The van der Waals surface area contributed by atoms with Gasteiger partial charge < -0.3 is 18.9 Å². The summed E-state index contributed by atoms with van der Waals surface area (Å²) in [5.74, 6) is 1.59. The second-order valence-corrected chi connectivity index (χ2v) is 10.5. The number of carbonyl (C=O) groups is 1. The molecule has 1 aromatic heterocycles. The van der Waals surface area contributed by atoms with E-state index in [1.54, 1.807) is 28.1 Å². The number of hydrogen-bond acceptors (Lipinski definition) is 7. The zero-order chi connectivity index (χ0) is 23.8. The highest BCUT2D eigenvalue weighted by Gasteiger charge is 2.39. The van der Waals surface area contributed by atoms with Crippen LogP contribution >= 0.6 is 0 Å². The molecule has 2 saturated heterocycles. The smallest absolute Gasteiger partial charge is 0.248 e. The quantitative estimate of drug-likeness (QED) is 0.630. The average molecular weight is 478 g/mol. The Kier molecular flexibility index (Phi) is 6.67. The van der Waals surface area contributed by atoms with E-state index in [0.29, 0.717) is 55.4 Å². The summed E-state index contributed by atoms with van der Waals surface area (Å²) in [4.78, 5) is 15.5. The van der Waals surface area contributed by atoms with Crippen LogP contribution in [-0.2, 0) is 14.8 Å². The molecule has 1 atom stereocenters. The number of hydrogen-bond donors (Lipinski definition) is 0. The molecular formula is C23H31N3O6S. The lowest BCUT2D eigenvalue weighted by Crippen LogP contribution is -2.44. The van der Waals surface area contributed by atoms with Crippen LogP contribution in [0.1, 0.15) is 48.7 Å². The Hall–Kier alpha value is -2.59. The van der Waals surface area contributed by atoms with Gasteiger partial charge in [0.05, 0.1) is 20.3 Å². The van der Waals surface area contributed by atoms with E-state index in [2.05, 4.69) is 5.16 Å². The number of benzene rings is 1. The van der Waals surface area contributed by atoms with Crippen LogP contribution in [0.5, 0.6) is 11.5 Å². The molecule has 9 nitrogen and oxygen atoms in total. The minimum Gasteiger partial charge on any atom is -0.497 e. The van der Waals surface area contributed by atoms with E-state index in [9.17, 15) is 13.2 Å². The first-order valence-corrected chi connectivity index (χ1v) is 12.7. The highest BCUT2D eigenvalue weighted by molar-refractivity contribution is 7.89. The van der Waals surface area contributed by atoms with Gasteiger partial charge in [-0.1, -0.05) is 5.16 Å². The van der Waals surface area contributed by atoms with Crippen molar-refractivity contribution in [3.63, 3.8) is 0 Å². The van der Waals surface area contributed by atoms with Crippen molar-refractivity contribution in [2.45, 2.75) is 50.5 Å². The fourth-order valence-corrected chi connectivity index (χ4v) is 6.76. The van der Waals surface area contributed by atoms with Crippen molar-refractivity contribution in [3.05, 3.63) is 35.2 Å². The predicted octanol–water partition coefficient (Wildman–Crippen LogP) is 3.07. The molecule has 2 aliphatic rings. The number of aryl methyl sites for hydroxylation is 2. The zero-order valence-corrected chi connectivity index (χ0v) is 20.4. The molecule has 33 heavy (non-hydrogen) atoms. The van der Waals surface area contributed by atoms with Gasteiger partial charge in [0.1, 0.15) is 22.1 Å². The van der Waals surface area contributed by atoms with Crippen LogP contribution in [0, 0.1) is 19.8 Å². The zero-order valence-electron chi connectivity index (χ0n) is 19.5. The van der Waals surface area contributed by atoms with E-state index in [1.165, 1.54) is 4.31 Å². The third kappa shape index (κ3) is 4.33. The maximum absolute atomic E-state index is 13.5. The Morgan fingerprint density at radius 3 is 2.42 bits per heavy atom. The van der Waals surface area contributed by atoms with Gasteiger partial charge >= 0.3 is 0 Å². The van der Waals surface area contributed by atoms with E-state index in [0.717, 1.165) is 18.4 Å². The van der Waals surface area contributed by atoms with Crippen LogP contribution in [0.15, 0.2) is 27.6 Å². The molecule has 4 rings (SSSR count). The number of piperidine rings is 1. The lowest BCUT2D eigenvalue weighted by atomic mass is 9.95. The topological polar surface area (TPSA) is 102 Å². The van der Waals surface area contributed by atoms with Crippen LogP contribution in [0.25, 0.3) is 0 Å². The first-order valence-electron chi connectivity index (χ1n) is 11.2. The molecule has 0 bridgehead atoms. The number of rotatable bonds is 6. The summed E-state index contributed by atoms with van der Waals surface area (Å²) in [6.45, 7) is 4.52. The number of methoxy groups -OCH3 is 2. The molecule has 180 valence electrons. The molecule has 0 N–H and O–H groups in total. The average Bonchev–Trinajstić information content (AvgIpc) is 3.44. The van der Waals surface area contributed by atoms with E-state index < -0.39 is 10.0 Å². The SMILES string of the molecule is COc1ccc([C@H]2CCCN2C(=O)C2CCN(S(=O)(=O)c3c(C)noc3C)CC2)c(OC)c1. The van der Waals surface area contributed by atoms with E-state index >= 15 is 0 Å². The summed E-state index contributed by atoms with van der Waals surface area (Å²) < 4.78 is 43.5. The number of aromatic nitrogens is 1. The van der Waals surface area contributed by atoms with Gasteiger partial charge in [0.2, 0.25) is 15.9 Å². The number of carbonyl (C=O) groups excluding carboxylic acids is 1. The highest BCUT2D eigenvalue weighted by Crippen LogP contribution is 2.40. The number of likely N-dealkylation sites (tertiary alicyclic amines) is 1. The predicted molar refractivity (Wildman–Crippen MR) is 121 cm³/mol. The minimum absolute atomic E-state index is 0.0533. The molecule has 0 unspecified atom stereocenters. The van der Waals surface area contributed by atoms with E-state index in [1.807, 2.05) is 23.1 Å². The summed E-state index contributed by atoms with van der Waals surface area (Å²) in [5.41, 5.74) is 1.33. The Labute approximate surface area is 194 Å². The number of ether oxygens (including phenoxy) is 2. The van der Waals surface area contributed by atoms with Crippen molar-refractivity contribution in [1.29, 1.82) is 0 Å². The van der Waals surface area contributed by atoms with E-state index in [-0.39, 0.29) is 22.8 Å². The standard InChI is InChI=1S/C23H31N3O6S/c1-15-22(16(2)32-24-15)33(28,29)25-12-9-17(10-13-25)23(27)26-11-5-6-20(26)19-8-7-18(30-3)14-21(19)31-4/h7-8,14,17,20H,5-6,9-13H2,1-4H3/t20-/m1/s1. The molecule has 2 fully saturated rings. The van der Waals surface area contributed by atoms with E-state index in [4.69, 9.17) is 14.0 Å². The van der Waals surface area contributed by atoms with Crippen molar-refractivity contribution in [2.75, 3.05) is 33.9 Å². The van der Waals surface area contributed by atoms with Crippen molar-refractivity contribution in [1.82, 2.24) is 14.4 Å². The van der Waals surface area contributed by atoms with Gasteiger partial charge in [-0.3, -0.25) is 4.79 Å². The van der Waals surface area contributed by atoms with Crippen molar-refractivity contribution in [3.8, 4) is 11.5 Å². The Bertz CT molecular complexity index is 1100. The van der Waals surface area contributed by atoms with Gasteiger partial charge in [0.25, 0.3) is 0 Å². The van der Waals surface area contributed by atoms with Crippen LogP contribution in [0.2, 0.25) is 0 Å². The maximum Gasteiger partial charge on any atom is 0.248 e. The molecule has 2 aliphatic heterocycles. The molecule has 10 heteroatoms. The number of nitrogens with zero attached hydrogens (tertiary/aromatic N) is 3. The number of amides is 1. The van der Waals surface area contributed by atoms with Crippen LogP contribution in [0.3, 0.4) is 0 Å². The molecule has 0 radical (unpaired) electrons. The largest absolute Gasteiger partial charge is 0.497 e. The van der Waals surface area contributed by atoms with Gasteiger partial charge in [-0.2, -0.15) is 4.31 Å². The monoisotopic (exact) mass is 477 g/mol. The Balaban J connectivity index is 1.47. The molecule has 3 heterocycles. The van der Waals surface area contributed by atoms with Gasteiger partial charge in [-0.15, -0.1) is 0 Å². The van der Waals surface area contributed by atoms with Crippen LogP contribution < -0.4 is 9.47 Å². The maximum atomic E-state index is 13.5. The summed E-state index contributed by atoms with van der Waals surface area (Å²) >= 11 is 0. The fourth-order valence-electron chi connectivity index (χ4n) is 5.00. The first kappa shape index (κ1) is 23.6. The summed E-state index contributed by atoms with van der Waals surface area (Å²) in [6.07, 6.45) is 2.77. The van der Waals surface area contributed by atoms with Crippen LogP contribution in [-0.4, -0.2) is 62.5 Å². The summed E-state index contributed by atoms with van der Waals surface area (Å²) in [5, 5.41) is 3.78. The van der Waals surface area contributed by atoms with Gasteiger partial charge in [-0.05, 0) is 51.7 Å². The molecule has 1 amide bonds.